The molecule has 0 bridgehead atoms. The number of pyridine rings is 1. The summed E-state index contributed by atoms with van der Waals surface area (Å²) in [7, 11) is 0. The van der Waals surface area contributed by atoms with E-state index in [0.29, 0.717) is 18.7 Å². The molecule has 0 radical (unpaired) electrons. The lowest BCUT2D eigenvalue weighted by atomic mass is 10.1. The predicted molar refractivity (Wildman–Crippen MR) is 83.7 cm³/mol. The van der Waals surface area contributed by atoms with Crippen LogP contribution >= 0.6 is 0 Å². The van der Waals surface area contributed by atoms with Crippen molar-refractivity contribution >= 4 is 11.6 Å². The molecule has 2 atom stereocenters. The van der Waals surface area contributed by atoms with Gasteiger partial charge in [-0.1, -0.05) is 6.92 Å². The number of rotatable bonds is 4. The van der Waals surface area contributed by atoms with E-state index in [9.17, 15) is 4.79 Å². The molecule has 1 aliphatic rings. The molecular weight excluding hydrogens is 266 g/mol. The van der Waals surface area contributed by atoms with Crippen LogP contribution in [0.2, 0.25) is 0 Å². The highest BCUT2D eigenvalue weighted by Gasteiger charge is 2.28. The maximum absolute atomic E-state index is 12.8. The lowest BCUT2D eigenvalue weighted by Gasteiger charge is -2.35. The van der Waals surface area contributed by atoms with Crippen LogP contribution in [-0.4, -0.2) is 47.6 Å². The number of hydrogen-bond acceptors (Lipinski definition) is 4. The molecule has 1 saturated heterocycles. The van der Waals surface area contributed by atoms with Crippen molar-refractivity contribution in [3.05, 3.63) is 23.5 Å². The van der Waals surface area contributed by atoms with E-state index in [1.807, 2.05) is 31.7 Å². The summed E-state index contributed by atoms with van der Waals surface area (Å²) in [5.74, 6) is 0.0307. The van der Waals surface area contributed by atoms with Crippen molar-refractivity contribution in [2.24, 2.45) is 0 Å². The van der Waals surface area contributed by atoms with Crippen LogP contribution in [0.15, 0.2) is 12.3 Å². The average Bonchev–Trinajstić information content (AvgIpc) is 2.43. The van der Waals surface area contributed by atoms with Crippen molar-refractivity contribution in [3.8, 4) is 0 Å². The quantitative estimate of drug-likeness (QED) is 0.926. The Morgan fingerprint density at radius 3 is 2.71 bits per heavy atom. The number of nitrogens with zero attached hydrogens (tertiary/aromatic N) is 2. The number of nitrogens with one attached hydrogen (secondary N) is 1. The molecule has 2 rings (SSSR count). The second-order valence-corrected chi connectivity index (χ2v) is 5.77. The summed E-state index contributed by atoms with van der Waals surface area (Å²) < 4.78 is 5.69. The zero-order valence-corrected chi connectivity index (χ0v) is 13.3. The van der Waals surface area contributed by atoms with Crippen LogP contribution in [-0.2, 0) is 4.74 Å². The molecular formula is C16H25N3O2. The van der Waals surface area contributed by atoms with Gasteiger partial charge in [-0.05, 0) is 33.3 Å². The topological polar surface area (TPSA) is 54.5 Å². The Balaban J connectivity index is 2.21. The zero-order valence-electron chi connectivity index (χ0n) is 13.3. The molecule has 1 aromatic heterocycles. The first-order valence-corrected chi connectivity index (χ1v) is 7.66. The predicted octanol–water partition coefficient (Wildman–Crippen LogP) is 2.46. The largest absolute Gasteiger partial charge is 0.384 e. The SMILES string of the molecule is CCCNc1cc(C)ncc1C(=O)N1CC(C)OC(C)C1. The maximum Gasteiger partial charge on any atom is 0.257 e. The number of hydrogen-bond donors (Lipinski definition) is 1. The van der Waals surface area contributed by atoms with Gasteiger partial charge in [0.1, 0.15) is 0 Å². The van der Waals surface area contributed by atoms with Crippen LogP contribution in [0.5, 0.6) is 0 Å². The highest BCUT2D eigenvalue weighted by molar-refractivity contribution is 5.99. The summed E-state index contributed by atoms with van der Waals surface area (Å²) in [6.07, 6.45) is 2.84. The molecule has 21 heavy (non-hydrogen) atoms. The summed E-state index contributed by atoms with van der Waals surface area (Å²) in [6, 6.07) is 1.94. The van der Waals surface area contributed by atoms with Gasteiger partial charge < -0.3 is 15.0 Å². The van der Waals surface area contributed by atoms with Crippen LogP contribution in [0.1, 0.15) is 43.2 Å². The van der Waals surface area contributed by atoms with E-state index < -0.39 is 0 Å². The fourth-order valence-corrected chi connectivity index (χ4v) is 2.65. The van der Waals surface area contributed by atoms with Crippen LogP contribution in [0.3, 0.4) is 0 Å². The summed E-state index contributed by atoms with van der Waals surface area (Å²) in [5, 5.41) is 3.33. The second kappa shape index (κ2) is 6.89. The number of carbonyl (C=O) groups excluding carboxylic acids is 1. The van der Waals surface area contributed by atoms with E-state index in [4.69, 9.17) is 4.74 Å². The molecule has 1 aliphatic heterocycles. The van der Waals surface area contributed by atoms with E-state index in [2.05, 4.69) is 17.2 Å². The van der Waals surface area contributed by atoms with Gasteiger partial charge >= 0.3 is 0 Å². The maximum atomic E-state index is 12.8. The first kappa shape index (κ1) is 15.8. The van der Waals surface area contributed by atoms with Gasteiger partial charge in [-0.25, -0.2) is 0 Å². The molecule has 1 aromatic rings. The van der Waals surface area contributed by atoms with Crippen molar-refractivity contribution in [2.75, 3.05) is 25.0 Å². The first-order valence-electron chi connectivity index (χ1n) is 7.66. The Labute approximate surface area is 126 Å². The highest BCUT2D eigenvalue weighted by atomic mass is 16.5. The van der Waals surface area contributed by atoms with Crippen molar-refractivity contribution in [3.63, 3.8) is 0 Å². The Morgan fingerprint density at radius 2 is 2.10 bits per heavy atom. The van der Waals surface area contributed by atoms with Gasteiger partial charge in [0.05, 0.1) is 23.5 Å². The molecule has 0 aliphatic carbocycles. The fraction of sp³-hybridized carbons (Fsp3) is 0.625. The van der Waals surface area contributed by atoms with Gasteiger partial charge in [-0.15, -0.1) is 0 Å². The van der Waals surface area contributed by atoms with Crippen molar-refractivity contribution in [1.82, 2.24) is 9.88 Å². The molecule has 2 heterocycles. The van der Waals surface area contributed by atoms with E-state index in [0.717, 1.165) is 24.3 Å². The molecule has 0 spiro atoms. The Morgan fingerprint density at radius 1 is 1.43 bits per heavy atom. The minimum Gasteiger partial charge on any atom is -0.384 e. The summed E-state index contributed by atoms with van der Waals surface area (Å²) >= 11 is 0. The highest BCUT2D eigenvalue weighted by Crippen LogP contribution is 2.20. The molecule has 0 aromatic carbocycles. The number of amides is 1. The van der Waals surface area contributed by atoms with E-state index >= 15 is 0 Å². The van der Waals surface area contributed by atoms with Gasteiger partial charge in [0, 0.05) is 31.5 Å². The normalized spacial score (nSPS) is 22.2. The minimum absolute atomic E-state index is 0.0307. The van der Waals surface area contributed by atoms with Crippen molar-refractivity contribution < 1.29 is 9.53 Å². The van der Waals surface area contributed by atoms with Gasteiger partial charge in [0.25, 0.3) is 5.91 Å². The molecule has 5 nitrogen and oxygen atoms in total. The summed E-state index contributed by atoms with van der Waals surface area (Å²) in [6.45, 7) is 10.1. The lowest BCUT2D eigenvalue weighted by Crippen LogP contribution is -2.48. The molecule has 1 amide bonds. The van der Waals surface area contributed by atoms with Gasteiger partial charge in [-0.2, -0.15) is 0 Å². The smallest absolute Gasteiger partial charge is 0.257 e. The Bertz CT molecular complexity index is 494. The summed E-state index contributed by atoms with van der Waals surface area (Å²) in [4.78, 5) is 18.9. The monoisotopic (exact) mass is 291 g/mol. The molecule has 0 saturated carbocycles. The van der Waals surface area contributed by atoms with Crippen LogP contribution < -0.4 is 5.32 Å². The summed E-state index contributed by atoms with van der Waals surface area (Å²) in [5.41, 5.74) is 2.44. The van der Waals surface area contributed by atoms with Gasteiger partial charge in [0.2, 0.25) is 0 Å². The third-order valence-corrected chi connectivity index (χ3v) is 3.54. The first-order chi connectivity index (χ1) is 10.0. The number of morpholine rings is 1. The lowest BCUT2D eigenvalue weighted by molar-refractivity contribution is -0.0586. The molecule has 1 N–H and O–H groups in total. The van der Waals surface area contributed by atoms with Crippen LogP contribution in [0, 0.1) is 6.92 Å². The zero-order chi connectivity index (χ0) is 15.4. The van der Waals surface area contributed by atoms with Crippen molar-refractivity contribution in [1.29, 1.82) is 0 Å². The minimum atomic E-state index is 0.0307. The number of anilines is 1. The molecule has 5 heteroatoms. The average molecular weight is 291 g/mol. The van der Waals surface area contributed by atoms with Crippen LogP contribution in [0.25, 0.3) is 0 Å². The van der Waals surface area contributed by atoms with Crippen molar-refractivity contribution in [2.45, 2.75) is 46.3 Å². The molecule has 1 fully saturated rings. The third-order valence-electron chi connectivity index (χ3n) is 3.54. The van der Waals surface area contributed by atoms with Gasteiger partial charge in [-0.3, -0.25) is 9.78 Å². The number of carbonyl (C=O) groups is 1. The number of aromatic nitrogens is 1. The number of aryl methyl sites for hydroxylation is 1. The van der Waals surface area contributed by atoms with Crippen LogP contribution in [0.4, 0.5) is 5.69 Å². The fourth-order valence-electron chi connectivity index (χ4n) is 2.65. The second-order valence-electron chi connectivity index (χ2n) is 5.77. The van der Waals surface area contributed by atoms with Gasteiger partial charge in [0.15, 0.2) is 0 Å². The van der Waals surface area contributed by atoms with E-state index in [1.165, 1.54) is 0 Å². The Hall–Kier alpha value is -1.62. The van der Waals surface area contributed by atoms with E-state index in [1.54, 1.807) is 6.20 Å². The standard InChI is InChI=1S/C16H25N3O2/c1-5-6-17-15-7-11(2)18-8-14(15)16(20)19-9-12(3)21-13(4)10-19/h7-8,12-13H,5-6,9-10H2,1-4H3,(H,17,18). The third kappa shape index (κ3) is 3.94. The Kier molecular flexibility index (Phi) is 5.17. The van der Waals surface area contributed by atoms with E-state index in [-0.39, 0.29) is 18.1 Å². The molecule has 116 valence electrons. The number of ether oxygens (including phenoxy) is 1. The molecule has 2 unspecified atom stereocenters.